The Bertz CT molecular complexity index is 770. The van der Waals surface area contributed by atoms with Crippen LogP contribution in [0.4, 0.5) is 19.6 Å². The van der Waals surface area contributed by atoms with E-state index in [2.05, 4.69) is 10.3 Å². The Hall–Kier alpha value is -2.21. The second-order valence-electron chi connectivity index (χ2n) is 4.34. The average molecular weight is 291 g/mol. The molecule has 6 heteroatoms. The third kappa shape index (κ3) is 2.55. The molecule has 0 unspecified atom stereocenters. The minimum absolute atomic E-state index is 0.251. The van der Waals surface area contributed by atoms with E-state index >= 15 is 0 Å². The van der Waals surface area contributed by atoms with Crippen molar-refractivity contribution in [2.45, 2.75) is 6.54 Å². The van der Waals surface area contributed by atoms with E-state index in [1.807, 2.05) is 12.1 Å². The number of hydrogen-bond donors (Lipinski definition) is 2. The number of nitrogen functional groups attached to an aromatic ring is 1. The second-order valence-corrected chi connectivity index (χ2v) is 5.37. The molecule has 0 saturated heterocycles. The van der Waals surface area contributed by atoms with Gasteiger partial charge in [0.05, 0.1) is 10.2 Å². The Morgan fingerprint density at radius 2 is 2.00 bits per heavy atom. The van der Waals surface area contributed by atoms with Crippen molar-refractivity contribution in [1.82, 2.24) is 4.98 Å². The number of fused-ring (bicyclic) bond motifs is 1. The van der Waals surface area contributed by atoms with Gasteiger partial charge in [0.15, 0.2) is 5.13 Å². The highest BCUT2D eigenvalue weighted by Crippen LogP contribution is 2.27. The van der Waals surface area contributed by atoms with Crippen LogP contribution >= 0.6 is 11.3 Å². The predicted molar refractivity (Wildman–Crippen MR) is 77.7 cm³/mol. The van der Waals surface area contributed by atoms with E-state index in [0.717, 1.165) is 16.3 Å². The topological polar surface area (TPSA) is 50.9 Å². The standard InChI is InChI=1S/C14H11F2N3S/c15-9-2-1-8(11(16)5-9)7-18-14-19-12-4-3-10(17)6-13(12)20-14/h1-6H,7,17H2,(H,18,19). The van der Waals surface area contributed by atoms with Gasteiger partial charge in [0.2, 0.25) is 0 Å². The number of halogens is 2. The van der Waals surface area contributed by atoms with E-state index in [4.69, 9.17) is 5.73 Å². The van der Waals surface area contributed by atoms with Gasteiger partial charge in [-0.2, -0.15) is 0 Å². The second kappa shape index (κ2) is 5.05. The quantitative estimate of drug-likeness (QED) is 0.722. The van der Waals surface area contributed by atoms with Crippen LogP contribution in [0.25, 0.3) is 10.2 Å². The summed E-state index contributed by atoms with van der Waals surface area (Å²) in [5.74, 6) is -1.15. The van der Waals surface area contributed by atoms with Crippen molar-refractivity contribution in [2.75, 3.05) is 11.1 Å². The third-order valence-corrected chi connectivity index (χ3v) is 3.83. The molecule has 102 valence electrons. The first kappa shape index (κ1) is 12.8. The number of nitrogens with two attached hydrogens (primary N) is 1. The molecule has 3 N–H and O–H groups in total. The van der Waals surface area contributed by atoms with Crippen LogP contribution in [0, 0.1) is 11.6 Å². The molecule has 0 aliphatic rings. The molecule has 0 spiro atoms. The number of benzene rings is 2. The molecule has 1 aromatic heterocycles. The molecule has 0 aliphatic carbocycles. The minimum atomic E-state index is -0.582. The molecule has 1 heterocycles. The number of hydrogen-bond acceptors (Lipinski definition) is 4. The lowest BCUT2D eigenvalue weighted by molar-refractivity contribution is 0.574. The van der Waals surface area contributed by atoms with Gasteiger partial charge >= 0.3 is 0 Å². The van der Waals surface area contributed by atoms with Crippen molar-refractivity contribution in [3.05, 3.63) is 53.6 Å². The largest absolute Gasteiger partial charge is 0.399 e. The molecule has 0 saturated carbocycles. The Kier molecular flexibility index (Phi) is 3.23. The summed E-state index contributed by atoms with van der Waals surface area (Å²) in [6.45, 7) is 0.251. The van der Waals surface area contributed by atoms with Crippen LogP contribution in [0.1, 0.15) is 5.56 Å². The lowest BCUT2D eigenvalue weighted by Crippen LogP contribution is -2.01. The lowest BCUT2D eigenvalue weighted by Gasteiger charge is -2.04. The molecule has 3 rings (SSSR count). The number of nitrogens with one attached hydrogen (secondary N) is 1. The van der Waals surface area contributed by atoms with E-state index in [-0.39, 0.29) is 6.54 Å². The van der Waals surface area contributed by atoms with E-state index in [9.17, 15) is 8.78 Å². The molecule has 3 aromatic rings. The Balaban J connectivity index is 1.79. The molecule has 0 bridgehead atoms. The van der Waals surface area contributed by atoms with Crippen molar-refractivity contribution in [1.29, 1.82) is 0 Å². The molecule has 3 nitrogen and oxygen atoms in total. The molecule has 0 amide bonds. The fourth-order valence-electron chi connectivity index (χ4n) is 1.85. The summed E-state index contributed by atoms with van der Waals surface area (Å²) in [5.41, 5.74) is 7.62. The van der Waals surface area contributed by atoms with Crippen LogP contribution in [-0.2, 0) is 6.54 Å². The highest BCUT2D eigenvalue weighted by atomic mass is 32.1. The zero-order valence-corrected chi connectivity index (χ0v) is 11.2. The number of thiazole rings is 1. The fraction of sp³-hybridized carbons (Fsp3) is 0.0714. The minimum Gasteiger partial charge on any atom is -0.399 e. The molecule has 0 atom stereocenters. The Labute approximate surface area is 118 Å². The van der Waals surface area contributed by atoms with Crippen molar-refractivity contribution in [2.24, 2.45) is 0 Å². The fourth-order valence-corrected chi connectivity index (χ4v) is 2.76. The predicted octanol–water partition coefficient (Wildman–Crippen LogP) is 3.77. The SMILES string of the molecule is Nc1ccc2nc(NCc3ccc(F)cc3F)sc2c1. The van der Waals surface area contributed by atoms with Gasteiger partial charge in [0.25, 0.3) is 0 Å². The highest BCUT2D eigenvalue weighted by molar-refractivity contribution is 7.22. The number of aromatic nitrogens is 1. The highest BCUT2D eigenvalue weighted by Gasteiger charge is 2.06. The van der Waals surface area contributed by atoms with Crippen molar-refractivity contribution >= 4 is 32.4 Å². The zero-order chi connectivity index (χ0) is 14.1. The normalized spacial score (nSPS) is 10.9. The van der Waals surface area contributed by atoms with Gasteiger partial charge in [0.1, 0.15) is 11.6 Å². The first-order valence-electron chi connectivity index (χ1n) is 5.96. The summed E-state index contributed by atoms with van der Waals surface area (Å²) in [5, 5.41) is 3.71. The lowest BCUT2D eigenvalue weighted by atomic mass is 10.2. The molecule has 0 aliphatic heterocycles. The summed E-state index contributed by atoms with van der Waals surface area (Å²) in [6.07, 6.45) is 0. The maximum Gasteiger partial charge on any atom is 0.184 e. The first-order chi connectivity index (χ1) is 9.61. The van der Waals surface area contributed by atoms with E-state index in [1.54, 1.807) is 6.07 Å². The molecule has 2 aromatic carbocycles. The van der Waals surface area contributed by atoms with Gasteiger partial charge in [-0.15, -0.1) is 0 Å². The molecular formula is C14H11F2N3S. The number of nitrogens with zero attached hydrogens (tertiary/aromatic N) is 1. The molecule has 20 heavy (non-hydrogen) atoms. The summed E-state index contributed by atoms with van der Waals surface area (Å²) in [4.78, 5) is 4.37. The third-order valence-electron chi connectivity index (χ3n) is 2.86. The average Bonchev–Trinajstić information content (AvgIpc) is 2.79. The van der Waals surface area contributed by atoms with Crippen LogP contribution in [0.5, 0.6) is 0 Å². The van der Waals surface area contributed by atoms with Crippen molar-refractivity contribution in [3.63, 3.8) is 0 Å². The van der Waals surface area contributed by atoms with Crippen LogP contribution in [0.3, 0.4) is 0 Å². The summed E-state index contributed by atoms with van der Waals surface area (Å²) in [6, 6.07) is 8.99. The summed E-state index contributed by atoms with van der Waals surface area (Å²) >= 11 is 1.44. The van der Waals surface area contributed by atoms with Crippen molar-refractivity contribution in [3.8, 4) is 0 Å². The van der Waals surface area contributed by atoms with E-state index in [0.29, 0.717) is 16.4 Å². The monoisotopic (exact) mass is 291 g/mol. The number of rotatable bonds is 3. The van der Waals surface area contributed by atoms with Gasteiger partial charge in [-0.1, -0.05) is 17.4 Å². The molecular weight excluding hydrogens is 280 g/mol. The Morgan fingerprint density at radius 1 is 1.15 bits per heavy atom. The maximum atomic E-state index is 13.5. The van der Waals surface area contributed by atoms with Crippen LogP contribution < -0.4 is 11.1 Å². The summed E-state index contributed by atoms with van der Waals surface area (Å²) in [7, 11) is 0. The summed E-state index contributed by atoms with van der Waals surface area (Å²) < 4.78 is 27.3. The van der Waals surface area contributed by atoms with E-state index < -0.39 is 11.6 Å². The maximum absolute atomic E-state index is 13.5. The van der Waals surface area contributed by atoms with Gasteiger partial charge in [-0.25, -0.2) is 13.8 Å². The van der Waals surface area contributed by atoms with Gasteiger partial charge in [-0.3, -0.25) is 0 Å². The van der Waals surface area contributed by atoms with Crippen LogP contribution in [0.2, 0.25) is 0 Å². The number of anilines is 2. The van der Waals surface area contributed by atoms with Gasteiger partial charge in [-0.05, 0) is 24.3 Å². The van der Waals surface area contributed by atoms with E-state index in [1.165, 1.54) is 23.5 Å². The molecule has 0 fully saturated rings. The first-order valence-corrected chi connectivity index (χ1v) is 6.77. The smallest absolute Gasteiger partial charge is 0.184 e. The molecule has 0 radical (unpaired) electrons. The van der Waals surface area contributed by atoms with Gasteiger partial charge < -0.3 is 11.1 Å². The van der Waals surface area contributed by atoms with Gasteiger partial charge in [0, 0.05) is 23.9 Å². The van der Waals surface area contributed by atoms with Crippen molar-refractivity contribution < 1.29 is 8.78 Å². The zero-order valence-electron chi connectivity index (χ0n) is 10.4. The Morgan fingerprint density at radius 3 is 2.80 bits per heavy atom. The van der Waals surface area contributed by atoms with Crippen LogP contribution in [-0.4, -0.2) is 4.98 Å². The van der Waals surface area contributed by atoms with Crippen LogP contribution in [0.15, 0.2) is 36.4 Å².